The molecule has 1 N–H and O–H groups in total. The van der Waals surface area contributed by atoms with Gasteiger partial charge in [-0.3, -0.25) is 4.57 Å². The molecule has 0 saturated heterocycles. The Kier molecular flexibility index (Phi) is 28.6. The van der Waals surface area contributed by atoms with Crippen molar-refractivity contribution in [2.45, 2.75) is 136 Å². The van der Waals surface area contributed by atoms with Crippen LogP contribution in [-0.2, 0) is 18.3 Å². The summed E-state index contributed by atoms with van der Waals surface area (Å²) in [7, 11) is -3.05. The van der Waals surface area contributed by atoms with Crippen molar-refractivity contribution in [2.24, 2.45) is 0 Å². The summed E-state index contributed by atoms with van der Waals surface area (Å²) in [5.41, 5.74) is 0. The molecule has 0 bridgehead atoms. The molecular formula is C29H60NO5PS. The Balaban J connectivity index is 3.29. The highest BCUT2D eigenvalue weighted by molar-refractivity contribution is 7.99. The number of nitrogens with one attached hydrogen (secondary N) is 1. The van der Waals surface area contributed by atoms with Crippen molar-refractivity contribution in [1.82, 2.24) is 5.32 Å². The average Bonchev–Trinajstić information content (AvgIpc) is 2.88. The van der Waals surface area contributed by atoms with Crippen molar-refractivity contribution in [2.75, 3.05) is 44.0 Å². The van der Waals surface area contributed by atoms with Crippen molar-refractivity contribution in [3.8, 4) is 0 Å². The number of carbonyl (C=O) groups is 1. The molecule has 0 heterocycles. The van der Waals surface area contributed by atoms with Crippen LogP contribution >= 0.6 is 19.4 Å². The molecule has 0 atom stereocenters. The fourth-order valence-corrected chi connectivity index (χ4v) is 6.85. The molecule has 222 valence electrons. The Hall–Kier alpha value is -0.230. The molecule has 0 saturated carbocycles. The number of amides is 1. The van der Waals surface area contributed by atoms with Crippen molar-refractivity contribution in [1.29, 1.82) is 0 Å². The quantitative estimate of drug-likeness (QED) is 0.0719. The molecule has 0 radical (unpaired) electrons. The van der Waals surface area contributed by atoms with Gasteiger partial charge < -0.3 is 19.1 Å². The van der Waals surface area contributed by atoms with E-state index in [2.05, 4.69) is 12.2 Å². The number of hydrogen-bond acceptors (Lipinski definition) is 6. The van der Waals surface area contributed by atoms with E-state index in [1.165, 1.54) is 108 Å². The summed E-state index contributed by atoms with van der Waals surface area (Å²) in [5.74, 6) is 2.27. The average molecular weight is 566 g/mol. The molecule has 0 aromatic heterocycles. The first kappa shape index (κ1) is 36.8. The first-order valence-electron chi connectivity index (χ1n) is 15.4. The number of ether oxygens (including phenoxy) is 1. The second-order valence-electron chi connectivity index (χ2n) is 9.86. The molecule has 37 heavy (non-hydrogen) atoms. The molecule has 0 aromatic rings. The first-order chi connectivity index (χ1) is 18.1. The Bertz CT molecular complexity index is 528. The number of carbonyl (C=O) groups excluding carboxylic acids is 1. The molecule has 6 nitrogen and oxygen atoms in total. The van der Waals surface area contributed by atoms with E-state index in [0.717, 1.165) is 12.2 Å². The van der Waals surface area contributed by atoms with Crippen molar-refractivity contribution in [3.63, 3.8) is 0 Å². The third-order valence-electron chi connectivity index (χ3n) is 6.34. The highest BCUT2D eigenvalue weighted by Crippen LogP contribution is 2.48. The van der Waals surface area contributed by atoms with Gasteiger partial charge in [0, 0.05) is 6.54 Å². The summed E-state index contributed by atoms with van der Waals surface area (Å²) >= 11 is 1.97. The smallest absolute Gasteiger partial charge is 0.407 e. The molecule has 0 aromatic carbocycles. The number of unbranched alkanes of at least 4 members (excludes halogenated alkanes) is 15. The predicted octanol–water partition coefficient (Wildman–Crippen LogP) is 9.75. The van der Waals surface area contributed by atoms with Crippen LogP contribution < -0.4 is 5.32 Å². The van der Waals surface area contributed by atoms with Gasteiger partial charge in [-0.25, -0.2) is 4.79 Å². The fraction of sp³-hybridized carbons (Fsp3) is 0.966. The normalized spacial score (nSPS) is 11.6. The van der Waals surface area contributed by atoms with Gasteiger partial charge in [-0.1, -0.05) is 103 Å². The SMILES string of the molecule is CCCCCCCCCCCCCCCCCCSCCCNC(=O)OCCCP(=O)(OCC)OCC. The Morgan fingerprint density at radius 3 is 1.59 bits per heavy atom. The molecular weight excluding hydrogens is 505 g/mol. The molecule has 0 aliphatic carbocycles. The lowest BCUT2D eigenvalue weighted by molar-refractivity contribution is 0.145. The Morgan fingerprint density at radius 2 is 1.11 bits per heavy atom. The number of hydrogen-bond donors (Lipinski definition) is 1. The van der Waals surface area contributed by atoms with Gasteiger partial charge in [0.2, 0.25) is 0 Å². The zero-order valence-corrected chi connectivity index (χ0v) is 26.3. The van der Waals surface area contributed by atoms with Gasteiger partial charge in [0.1, 0.15) is 0 Å². The molecule has 0 rings (SSSR count). The van der Waals surface area contributed by atoms with Crippen LogP contribution in [0.15, 0.2) is 0 Å². The number of thioether (sulfide) groups is 1. The number of rotatable bonds is 29. The van der Waals surface area contributed by atoms with Crippen LogP contribution in [0, 0.1) is 0 Å². The van der Waals surface area contributed by atoms with Gasteiger partial charge in [0.25, 0.3) is 0 Å². The third kappa shape index (κ3) is 27.1. The molecule has 0 fully saturated rings. The van der Waals surface area contributed by atoms with E-state index in [1.807, 2.05) is 11.8 Å². The van der Waals surface area contributed by atoms with Crippen LogP contribution in [-0.4, -0.2) is 50.1 Å². The van der Waals surface area contributed by atoms with Crippen LogP contribution in [0.4, 0.5) is 4.79 Å². The molecule has 0 unspecified atom stereocenters. The fourth-order valence-electron chi connectivity index (χ4n) is 4.25. The van der Waals surface area contributed by atoms with Crippen LogP contribution in [0.2, 0.25) is 0 Å². The van der Waals surface area contributed by atoms with Gasteiger partial charge in [0.05, 0.1) is 26.0 Å². The lowest BCUT2D eigenvalue weighted by Gasteiger charge is -2.16. The van der Waals surface area contributed by atoms with Crippen LogP contribution in [0.25, 0.3) is 0 Å². The Labute approximate surface area is 234 Å². The van der Waals surface area contributed by atoms with Gasteiger partial charge in [0.15, 0.2) is 0 Å². The predicted molar refractivity (Wildman–Crippen MR) is 161 cm³/mol. The van der Waals surface area contributed by atoms with Gasteiger partial charge in [-0.2, -0.15) is 11.8 Å². The summed E-state index contributed by atoms with van der Waals surface area (Å²) in [4.78, 5) is 11.7. The largest absolute Gasteiger partial charge is 0.450 e. The van der Waals surface area contributed by atoms with E-state index in [-0.39, 0.29) is 12.8 Å². The minimum Gasteiger partial charge on any atom is -0.450 e. The van der Waals surface area contributed by atoms with Crippen LogP contribution in [0.3, 0.4) is 0 Å². The summed E-state index contributed by atoms with van der Waals surface area (Å²) in [6.07, 6.45) is 23.8. The van der Waals surface area contributed by atoms with E-state index >= 15 is 0 Å². The molecule has 0 aliphatic heterocycles. The zero-order valence-electron chi connectivity index (χ0n) is 24.6. The minimum absolute atomic E-state index is 0.212. The van der Waals surface area contributed by atoms with E-state index in [9.17, 15) is 9.36 Å². The highest BCUT2D eigenvalue weighted by Gasteiger charge is 2.22. The topological polar surface area (TPSA) is 73.9 Å². The Morgan fingerprint density at radius 1 is 0.649 bits per heavy atom. The van der Waals surface area contributed by atoms with Crippen LogP contribution in [0.1, 0.15) is 136 Å². The number of alkyl carbamates (subject to hydrolysis) is 1. The van der Waals surface area contributed by atoms with Gasteiger partial charge in [-0.05, 0) is 44.6 Å². The molecule has 8 heteroatoms. The summed E-state index contributed by atoms with van der Waals surface area (Å²) in [6.45, 7) is 7.38. The molecule has 0 aliphatic rings. The van der Waals surface area contributed by atoms with E-state index in [1.54, 1.807) is 13.8 Å². The van der Waals surface area contributed by atoms with Gasteiger partial charge in [-0.15, -0.1) is 0 Å². The van der Waals surface area contributed by atoms with Crippen molar-refractivity contribution >= 4 is 25.5 Å². The van der Waals surface area contributed by atoms with E-state index in [4.69, 9.17) is 13.8 Å². The van der Waals surface area contributed by atoms with E-state index in [0.29, 0.717) is 26.2 Å². The maximum Gasteiger partial charge on any atom is 0.407 e. The second kappa shape index (κ2) is 28.8. The third-order valence-corrected chi connectivity index (χ3v) is 9.66. The molecule has 0 spiro atoms. The lowest BCUT2D eigenvalue weighted by Crippen LogP contribution is -2.26. The second-order valence-corrected chi connectivity index (χ2v) is 13.3. The maximum atomic E-state index is 12.3. The zero-order chi connectivity index (χ0) is 27.3. The highest BCUT2D eigenvalue weighted by atomic mass is 32.2. The summed E-state index contributed by atoms with van der Waals surface area (Å²) < 4.78 is 27.9. The first-order valence-corrected chi connectivity index (χ1v) is 18.3. The standard InChI is InChI=1S/C29H60NO5PS/c1-4-7-8-9-10-11-12-13-14-15-16-17-18-19-20-21-27-37-28-22-24-30-29(31)33-25-23-26-36(32,34-5-2)35-6-3/h4-28H2,1-3H3,(H,30,31). The van der Waals surface area contributed by atoms with Gasteiger partial charge >= 0.3 is 13.7 Å². The van der Waals surface area contributed by atoms with E-state index < -0.39 is 13.7 Å². The lowest BCUT2D eigenvalue weighted by atomic mass is 10.0. The summed E-state index contributed by atoms with van der Waals surface area (Å²) in [6, 6.07) is 0. The van der Waals surface area contributed by atoms with Crippen LogP contribution in [0.5, 0.6) is 0 Å². The minimum atomic E-state index is -3.05. The summed E-state index contributed by atoms with van der Waals surface area (Å²) in [5, 5.41) is 2.78. The van der Waals surface area contributed by atoms with Crippen molar-refractivity contribution in [3.05, 3.63) is 0 Å². The maximum absolute atomic E-state index is 12.3. The van der Waals surface area contributed by atoms with Crippen molar-refractivity contribution < 1.29 is 23.1 Å². The molecule has 1 amide bonds. The monoisotopic (exact) mass is 565 g/mol.